The average Bonchev–Trinajstić information content (AvgIpc) is 2.56. The number of aromatic nitrogens is 2. The Kier molecular flexibility index (Phi) is 1.80. The quantitative estimate of drug-likeness (QED) is 0.713. The summed E-state index contributed by atoms with van der Waals surface area (Å²) in [6, 6.07) is 3.33. The number of phenolic OH excluding ortho intramolecular Hbond substituents is 1. The molecule has 0 amide bonds. The van der Waals surface area contributed by atoms with Gasteiger partial charge in [0.25, 0.3) is 0 Å². The molecule has 1 N–H and O–H groups in total. The highest BCUT2D eigenvalue weighted by atomic mass is 16.5. The van der Waals surface area contributed by atoms with Crippen LogP contribution in [0.1, 0.15) is 12.8 Å². The fraction of sp³-hybridized carbons (Fsp3) is 0.364. The first kappa shape index (κ1) is 8.59. The van der Waals surface area contributed by atoms with Crippen LogP contribution >= 0.6 is 0 Å². The zero-order valence-electron chi connectivity index (χ0n) is 8.31. The smallest absolute Gasteiger partial charge is 0.148 e. The van der Waals surface area contributed by atoms with Crippen LogP contribution in [-0.4, -0.2) is 21.3 Å². The van der Waals surface area contributed by atoms with Gasteiger partial charge in [-0.1, -0.05) is 0 Å². The Morgan fingerprint density at radius 2 is 2.27 bits per heavy atom. The lowest BCUT2D eigenvalue weighted by Gasteiger charge is -2.14. The van der Waals surface area contributed by atoms with Crippen LogP contribution in [0.4, 0.5) is 0 Å². The highest BCUT2D eigenvalue weighted by molar-refractivity contribution is 5.83. The lowest BCUT2D eigenvalue weighted by atomic mass is 10.2. The lowest BCUT2D eigenvalue weighted by molar-refractivity contribution is 0.297. The van der Waals surface area contributed by atoms with E-state index >= 15 is 0 Å². The van der Waals surface area contributed by atoms with E-state index in [4.69, 9.17) is 4.74 Å². The Balaban J connectivity index is 2.30. The van der Waals surface area contributed by atoms with Gasteiger partial charge in [-0.2, -0.15) is 0 Å². The fourth-order valence-electron chi connectivity index (χ4n) is 2.00. The number of hydrogen-bond acceptors (Lipinski definition) is 3. The molecule has 0 bridgehead atoms. The Labute approximate surface area is 87.1 Å². The van der Waals surface area contributed by atoms with Crippen LogP contribution in [0, 0.1) is 0 Å². The number of phenols is 1. The number of hydrogen-bond donors (Lipinski definition) is 1. The Bertz CT molecular complexity index is 505. The van der Waals surface area contributed by atoms with E-state index in [9.17, 15) is 5.11 Å². The molecular weight excluding hydrogens is 192 g/mol. The number of benzene rings is 1. The van der Waals surface area contributed by atoms with E-state index < -0.39 is 0 Å². The predicted octanol–water partition coefficient (Wildman–Crippen LogP) is 1.91. The van der Waals surface area contributed by atoms with Gasteiger partial charge in [0.05, 0.1) is 18.5 Å². The SMILES string of the molecule is Oc1cc2c3c(c1)ncn3CCCCO2. The minimum absolute atomic E-state index is 0.211. The molecule has 1 aromatic heterocycles. The fourth-order valence-corrected chi connectivity index (χ4v) is 2.00. The predicted molar refractivity (Wildman–Crippen MR) is 56.1 cm³/mol. The van der Waals surface area contributed by atoms with Gasteiger partial charge in [0.1, 0.15) is 17.0 Å². The molecule has 4 heteroatoms. The topological polar surface area (TPSA) is 47.3 Å². The van der Waals surface area contributed by atoms with E-state index in [1.807, 2.05) is 6.33 Å². The van der Waals surface area contributed by atoms with Gasteiger partial charge in [0, 0.05) is 18.7 Å². The summed E-state index contributed by atoms with van der Waals surface area (Å²) in [7, 11) is 0. The van der Waals surface area contributed by atoms with Gasteiger partial charge in [-0.3, -0.25) is 0 Å². The van der Waals surface area contributed by atoms with E-state index in [-0.39, 0.29) is 5.75 Å². The highest BCUT2D eigenvalue weighted by Gasteiger charge is 2.13. The second-order valence-corrected chi connectivity index (χ2v) is 3.81. The van der Waals surface area contributed by atoms with Crippen molar-refractivity contribution in [2.45, 2.75) is 19.4 Å². The van der Waals surface area contributed by atoms with Crippen LogP contribution in [0.15, 0.2) is 18.5 Å². The Morgan fingerprint density at radius 1 is 1.33 bits per heavy atom. The summed E-state index contributed by atoms with van der Waals surface area (Å²) in [6.45, 7) is 1.68. The summed E-state index contributed by atoms with van der Waals surface area (Å²) < 4.78 is 7.71. The van der Waals surface area contributed by atoms with Crippen LogP contribution in [0.5, 0.6) is 11.5 Å². The van der Waals surface area contributed by atoms with Crippen LogP contribution in [-0.2, 0) is 6.54 Å². The molecular formula is C11H12N2O2. The number of nitrogens with zero attached hydrogens (tertiary/aromatic N) is 2. The maximum atomic E-state index is 9.51. The van der Waals surface area contributed by atoms with Gasteiger partial charge in [0.2, 0.25) is 0 Å². The first-order valence-corrected chi connectivity index (χ1v) is 5.15. The molecule has 78 valence electrons. The van der Waals surface area contributed by atoms with Gasteiger partial charge >= 0.3 is 0 Å². The van der Waals surface area contributed by atoms with Crippen molar-refractivity contribution in [2.24, 2.45) is 0 Å². The molecule has 3 rings (SSSR count). The third-order valence-corrected chi connectivity index (χ3v) is 2.71. The maximum absolute atomic E-state index is 9.51. The highest BCUT2D eigenvalue weighted by Crippen LogP contribution is 2.31. The largest absolute Gasteiger partial charge is 0.508 e. The minimum Gasteiger partial charge on any atom is -0.508 e. The molecule has 4 nitrogen and oxygen atoms in total. The molecule has 1 aromatic carbocycles. The monoisotopic (exact) mass is 204 g/mol. The second-order valence-electron chi connectivity index (χ2n) is 3.81. The molecule has 0 saturated heterocycles. The third-order valence-electron chi connectivity index (χ3n) is 2.71. The molecule has 0 saturated carbocycles. The first-order chi connectivity index (χ1) is 7.34. The zero-order valence-corrected chi connectivity index (χ0v) is 8.31. The molecule has 0 aliphatic carbocycles. The molecule has 2 heterocycles. The number of imidazole rings is 1. The van der Waals surface area contributed by atoms with E-state index in [1.54, 1.807) is 12.1 Å². The van der Waals surface area contributed by atoms with Crippen molar-refractivity contribution >= 4 is 11.0 Å². The molecule has 2 aromatic rings. The Hall–Kier alpha value is -1.71. The van der Waals surface area contributed by atoms with Gasteiger partial charge < -0.3 is 14.4 Å². The normalized spacial score (nSPS) is 15.7. The van der Waals surface area contributed by atoms with Crippen molar-refractivity contribution in [3.8, 4) is 11.5 Å². The van der Waals surface area contributed by atoms with Gasteiger partial charge in [-0.25, -0.2) is 4.98 Å². The molecule has 0 radical (unpaired) electrons. The van der Waals surface area contributed by atoms with Crippen molar-refractivity contribution < 1.29 is 9.84 Å². The zero-order chi connectivity index (χ0) is 10.3. The van der Waals surface area contributed by atoms with Gasteiger partial charge in [-0.15, -0.1) is 0 Å². The molecule has 0 atom stereocenters. The Morgan fingerprint density at radius 3 is 3.20 bits per heavy atom. The van der Waals surface area contributed by atoms with Crippen molar-refractivity contribution in [1.82, 2.24) is 9.55 Å². The molecule has 1 aliphatic heterocycles. The van der Waals surface area contributed by atoms with Crippen molar-refractivity contribution in [2.75, 3.05) is 6.61 Å². The first-order valence-electron chi connectivity index (χ1n) is 5.15. The summed E-state index contributed by atoms with van der Waals surface area (Å²) in [5.74, 6) is 0.950. The maximum Gasteiger partial charge on any atom is 0.148 e. The molecule has 1 aliphatic rings. The average molecular weight is 204 g/mol. The number of ether oxygens (including phenoxy) is 1. The minimum atomic E-state index is 0.211. The summed E-state index contributed by atoms with van der Waals surface area (Å²) >= 11 is 0. The second kappa shape index (κ2) is 3.15. The summed E-state index contributed by atoms with van der Waals surface area (Å²) in [6.07, 6.45) is 3.95. The summed E-state index contributed by atoms with van der Waals surface area (Å²) in [5, 5.41) is 9.51. The molecule has 0 fully saturated rings. The van der Waals surface area contributed by atoms with Crippen molar-refractivity contribution in [3.63, 3.8) is 0 Å². The molecule has 15 heavy (non-hydrogen) atoms. The van der Waals surface area contributed by atoms with Gasteiger partial charge in [-0.05, 0) is 12.8 Å². The summed E-state index contributed by atoms with van der Waals surface area (Å²) in [4.78, 5) is 4.26. The van der Waals surface area contributed by atoms with Crippen LogP contribution in [0.3, 0.4) is 0 Å². The van der Waals surface area contributed by atoms with E-state index in [2.05, 4.69) is 9.55 Å². The van der Waals surface area contributed by atoms with E-state index in [0.717, 1.165) is 36.2 Å². The lowest BCUT2D eigenvalue weighted by Crippen LogP contribution is -2.06. The number of rotatable bonds is 0. The van der Waals surface area contributed by atoms with Crippen molar-refractivity contribution in [3.05, 3.63) is 18.5 Å². The molecule has 0 unspecified atom stereocenters. The van der Waals surface area contributed by atoms with E-state index in [0.29, 0.717) is 6.61 Å². The number of aryl methyl sites for hydroxylation is 1. The van der Waals surface area contributed by atoms with Crippen LogP contribution in [0.2, 0.25) is 0 Å². The van der Waals surface area contributed by atoms with Crippen LogP contribution < -0.4 is 4.74 Å². The third kappa shape index (κ3) is 1.33. The molecule has 0 spiro atoms. The van der Waals surface area contributed by atoms with Gasteiger partial charge in [0.15, 0.2) is 0 Å². The summed E-state index contributed by atoms with van der Waals surface area (Å²) in [5.41, 5.74) is 1.79. The van der Waals surface area contributed by atoms with E-state index in [1.165, 1.54) is 0 Å². The standard InChI is InChI=1S/C11H12N2O2/c14-8-5-9-11-10(6-8)15-4-2-1-3-13(11)7-12-9/h5-7,14H,1-4H2. The van der Waals surface area contributed by atoms with Crippen LogP contribution in [0.25, 0.3) is 11.0 Å². The number of aromatic hydroxyl groups is 1. The van der Waals surface area contributed by atoms with Crippen molar-refractivity contribution in [1.29, 1.82) is 0 Å².